The van der Waals surface area contributed by atoms with E-state index in [2.05, 4.69) is 25.9 Å². The Morgan fingerprint density at radius 2 is 1.88 bits per heavy atom. The summed E-state index contributed by atoms with van der Waals surface area (Å²) in [7, 11) is 0. The second-order valence-corrected chi connectivity index (χ2v) is 5.88. The van der Waals surface area contributed by atoms with Crippen molar-refractivity contribution in [2.45, 2.75) is 26.2 Å². The fourth-order valence-corrected chi connectivity index (χ4v) is 2.47. The molecule has 0 aliphatic rings. The average Bonchev–Trinajstić information content (AvgIpc) is 2.67. The lowest BCUT2D eigenvalue weighted by atomic mass is 10.1. The van der Waals surface area contributed by atoms with Gasteiger partial charge in [-0.05, 0) is 49.9 Å². The van der Waals surface area contributed by atoms with Crippen LogP contribution in [0.25, 0.3) is 0 Å². The molecule has 0 aliphatic carbocycles. The smallest absolute Gasteiger partial charge is 0.191 e. The van der Waals surface area contributed by atoms with Gasteiger partial charge in [-0.25, -0.2) is 9.37 Å². The summed E-state index contributed by atoms with van der Waals surface area (Å²) in [5.41, 5.74) is 0.719. The Hall–Kier alpha value is -2.63. The second-order valence-electron chi connectivity index (χ2n) is 5.88. The largest absolute Gasteiger partial charge is 0.370 e. The van der Waals surface area contributed by atoms with Gasteiger partial charge in [-0.15, -0.1) is 0 Å². The monoisotopic (exact) mass is 357 g/mol. The maximum Gasteiger partial charge on any atom is 0.191 e. The molecule has 2 aromatic rings. The van der Waals surface area contributed by atoms with Gasteiger partial charge in [0.05, 0.1) is 0 Å². The Morgan fingerprint density at radius 1 is 1.04 bits per heavy atom. The number of hydrogen-bond acceptors (Lipinski definition) is 3. The van der Waals surface area contributed by atoms with E-state index in [1.165, 1.54) is 6.07 Å². The van der Waals surface area contributed by atoms with Crippen molar-refractivity contribution in [2.24, 2.45) is 4.99 Å². The first kappa shape index (κ1) is 19.7. The SMILES string of the molecule is CCNC(=NCCCCNc1ccccn1)NCCc1ccccc1F. The van der Waals surface area contributed by atoms with Crippen LogP contribution in [0.5, 0.6) is 0 Å². The molecule has 0 amide bonds. The Balaban J connectivity index is 1.65. The highest BCUT2D eigenvalue weighted by Crippen LogP contribution is 2.06. The first-order valence-corrected chi connectivity index (χ1v) is 9.20. The molecule has 0 fully saturated rings. The molecule has 0 aliphatic heterocycles. The summed E-state index contributed by atoms with van der Waals surface area (Å²) in [6, 6.07) is 12.7. The van der Waals surface area contributed by atoms with Crippen LogP contribution in [-0.4, -0.2) is 37.1 Å². The lowest BCUT2D eigenvalue weighted by Gasteiger charge is -2.11. The van der Waals surface area contributed by atoms with Gasteiger partial charge in [0, 0.05) is 32.4 Å². The van der Waals surface area contributed by atoms with Crippen LogP contribution in [0.4, 0.5) is 10.2 Å². The van der Waals surface area contributed by atoms with Crippen molar-refractivity contribution in [1.29, 1.82) is 0 Å². The Morgan fingerprint density at radius 3 is 2.65 bits per heavy atom. The zero-order valence-electron chi connectivity index (χ0n) is 15.3. The maximum atomic E-state index is 13.6. The number of halogens is 1. The van der Waals surface area contributed by atoms with Crippen molar-refractivity contribution in [3.05, 3.63) is 60.0 Å². The van der Waals surface area contributed by atoms with Crippen LogP contribution in [0.3, 0.4) is 0 Å². The van der Waals surface area contributed by atoms with E-state index in [0.29, 0.717) is 13.0 Å². The van der Waals surface area contributed by atoms with Gasteiger partial charge in [-0.3, -0.25) is 4.99 Å². The molecule has 0 unspecified atom stereocenters. The van der Waals surface area contributed by atoms with Gasteiger partial charge >= 0.3 is 0 Å². The van der Waals surface area contributed by atoms with Crippen LogP contribution in [0.15, 0.2) is 53.7 Å². The topological polar surface area (TPSA) is 61.3 Å². The second kappa shape index (κ2) is 11.8. The Kier molecular flexibility index (Phi) is 8.97. The summed E-state index contributed by atoms with van der Waals surface area (Å²) < 4.78 is 13.6. The number of aliphatic imine (C=N–C) groups is 1. The highest BCUT2D eigenvalue weighted by atomic mass is 19.1. The number of guanidine groups is 1. The third kappa shape index (κ3) is 7.51. The van der Waals surface area contributed by atoms with Crippen LogP contribution >= 0.6 is 0 Å². The van der Waals surface area contributed by atoms with Gasteiger partial charge in [0.2, 0.25) is 0 Å². The van der Waals surface area contributed by atoms with Gasteiger partial charge in [0.15, 0.2) is 5.96 Å². The van der Waals surface area contributed by atoms with Crippen molar-refractivity contribution in [2.75, 3.05) is 31.5 Å². The molecule has 0 saturated carbocycles. The average molecular weight is 357 g/mol. The van der Waals surface area contributed by atoms with Crippen molar-refractivity contribution in [3.63, 3.8) is 0 Å². The minimum atomic E-state index is -0.156. The number of aromatic nitrogens is 1. The summed E-state index contributed by atoms with van der Waals surface area (Å²) in [5.74, 6) is 1.53. The lowest BCUT2D eigenvalue weighted by Crippen LogP contribution is -2.38. The number of nitrogens with zero attached hydrogens (tertiary/aromatic N) is 2. The van der Waals surface area contributed by atoms with Gasteiger partial charge in [0.25, 0.3) is 0 Å². The molecular weight excluding hydrogens is 329 g/mol. The van der Waals surface area contributed by atoms with Crippen molar-refractivity contribution >= 4 is 11.8 Å². The summed E-state index contributed by atoms with van der Waals surface area (Å²) in [4.78, 5) is 8.80. The van der Waals surface area contributed by atoms with Crippen LogP contribution in [0, 0.1) is 5.82 Å². The minimum absolute atomic E-state index is 0.156. The van der Waals surface area contributed by atoms with Gasteiger partial charge < -0.3 is 16.0 Å². The normalized spacial score (nSPS) is 11.2. The molecule has 1 aromatic carbocycles. The fraction of sp³-hybridized carbons (Fsp3) is 0.400. The number of unbranched alkanes of at least 4 members (excludes halogenated alkanes) is 1. The Labute approximate surface area is 155 Å². The van der Waals surface area contributed by atoms with E-state index in [4.69, 9.17) is 0 Å². The standard InChI is InChI=1S/C20H28FN5/c1-2-22-20(26-16-12-17-9-3-4-10-18(17)21)25-15-8-7-14-24-19-11-5-6-13-23-19/h3-6,9-11,13H,2,7-8,12,14-16H2,1H3,(H,23,24)(H2,22,25,26). The predicted molar refractivity (Wildman–Crippen MR) is 106 cm³/mol. The van der Waals surface area contributed by atoms with E-state index < -0.39 is 0 Å². The van der Waals surface area contributed by atoms with Crippen molar-refractivity contribution in [3.8, 4) is 0 Å². The molecule has 26 heavy (non-hydrogen) atoms. The summed E-state index contributed by atoms with van der Waals surface area (Å²) in [6.45, 7) is 5.11. The van der Waals surface area contributed by atoms with E-state index >= 15 is 0 Å². The summed E-state index contributed by atoms with van der Waals surface area (Å²) in [5, 5.41) is 9.77. The van der Waals surface area contributed by atoms with Gasteiger partial charge in [0.1, 0.15) is 11.6 Å². The quantitative estimate of drug-likeness (QED) is 0.347. The number of rotatable bonds is 10. The molecular formula is C20H28FN5. The first-order valence-electron chi connectivity index (χ1n) is 9.20. The highest BCUT2D eigenvalue weighted by molar-refractivity contribution is 5.79. The molecule has 3 N–H and O–H groups in total. The molecule has 140 valence electrons. The number of benzene rings is 1. The van der Waals surface area contributed by atoms with E-state index in [1.807, 2.05) is 37.3 Å². The lowest BCUT2D eigenvalue weighted by molar-refractivity contribution is 0.606. The van der Waals surface area contributed by atoms with E-state index in [1.54, 1.807) is 12.3 Å². The van der Waals surface area contributed by atoms with Crippen LogP contribution < -0.4 is 16.0 Å². The van der Waals surface area contributed by atoms with Crippen molar-refractivity contribution in [1.82, 2.24) is 15.6 Å². The zero-order chi connectivity index (χ0) is 18.5. The molecule has 0 atom stereocenters. The molecule has 0 radical (unpaired) electrons. The van der Waals surface area contributed by atoms with Crippen molar-refractivity contribution < 1.29 is 4.39 Å². The first-order chi connectivity index (χ1) is 12.8. The molecule has 2 rings (SSSR count). The van der Waals surface area contributed by atoms with Gasteiger partial charge in [-0.1, -0.05) is 24.3 Å². The van der Waals surface area contributed by atoms with E-state index in [0.717, 1.165) is 49.8 Å². The highest BCUT2D eigenvalue weighted by Gasteiger charge is 2.01. The third-order valence-electron chi connectivity index (χ3n) is 3.81. The van der Waals surface area contributed by atoms with E-state index in [-0.39, 0.29) is 5.82 Å². The van der Waals surface area contributed by atoms with E-state index in [9.17, 15) is 4.39 Å². The Bertz CT molecular complexity index is 660. The van der Waals surface area contributed by atoms with Crippen LogP contribution in [0.2, 0.25) is 0 Å². The molecule has 1 heterocycles. The minimum Gasteiger partial charge on any atom is -0.370 e. The molecule has 5 nitrogen and oxygen atoms in total. The molecule has 0 spiro atoms. The number of anilines is 1. The fourth-order valence-electron chi connectivity index (χ4n) is 2.47. The molecule has 1 aromatic heterocycles. The summed E-state index contributed by atoms with van der Waals surface area (Å²) in [6.07, 6.45) is 4.42. The van der Waals surface area contributed by atoms with Crippen LogP contribution in [0.1, 0.15) is 25.3 Å². The molecule has 0 saturated heterocycles. The maximum absolute atomic E-state index is 13.6. The molecule has 0 bridgehead atoms. The van der Waals surface area contributed by atoms with Gasteiger partial charge in [-0.2, -0.15) is 0 Å². The zero-order valence-corrected chi connectivity index (χ0v) is 15.3. The predicted octanol–water partition coefficient (Wildman–Crippen LogP) is 3.21. The number of pyridine rings is 1. The number of nitrogens with one attached hydrogen (secondary N) is 3. The van der Waals surface area contributed by atoms with Crippen LogP contribution in [-0.2, 0) is 6.42 Å². The third-order valence-corrected chi connectivity index (χ3v) is 3.81. The molecule has 6 heteroatoms. The summed E-state index contributed by atoms with van der Waals surface area (Å²) >= 11 is 0. The number of hydrogen-bond donors (Lipinski definition) is 3.